The fourth-order valence-electron chi connectivity index (χ4n) is 4.20. The second-order valence-corrected chi connectivity index (χ2v) is 6.82. The lowest BCUT2D eigenvalue weighted by molar-refractivity contribution is 0.108. The standard InChI is InChI=1S/C16H31N3/c1-2-11-18(10-1)14-15-6-12-19(13-7-15)16-4-3-8-17-9-5-16/h15-17H,1-14H2. The van der Waals surface area contributed by atoms with Gasteiger partial charge < -0.3 is 15.1 Å². The van der Waals surface area contributed by atoms with Crippen molar-refractivity contribution in [2.45, 2.75) is 51.0 Å². The fourth-order valence-corrected chi connectivity index (χ4v) is 4.20. The van der Waals surface area contributed by atoms with Crippen LogP contribution in [-0.4, -0.2) is 61.7 Å². The zero-order valence-electron chi connectivity index (χ0n) is 12.4. The van der Waals surface area contributed by atoms with E-state index in [0.29, 0.717) is 0 Å². The Hall–Kier alpha value is -0.120. The van der Waals surface area contributed by atoms with E-state index in [1.54, 1.807) is 0 Å². The second-order valence-electron chi connectivity index (χ2n) is 6.82. The molecular formula is C16H31N3. The molecular weight excluding hydrogens is 234 g/mol. The highest BCUT2D eigenvalue weighted by Crippen LogP contribution is 2.24. The highest BCUT2D eigenvalue weighted by molar-refractivity contribution is 4.82. The number of hydrogen-bond donors (Lipinski definition) is 1. The number of nitrogens with one attached hydrogen (secondary N) is 1. The minimum Gasteiger partial charge on any atom is -0.317 e. The van der Waals surface area contributed by atoms with Crippen LogP contribution in [0.5, 0.6) is 0 Å². The van der Waals surface area contributed by atoms with Gasteiger partial charge in [-0.05, 0) is 90.1 Å². The molecule has 3 heteroatoms. The minimum atomic E-state index is 0.878. The Balaban J connectivity index is 1.40. The Kier molecular flexibility index (Phi) is 5.14. The quantitative estimate of drug-likeness (QED) is 0.841. The van der Waals surface area contributed by atoms with Crippen LogP contribution in [0.15, 0.2) is 0 Å². The zero-order valence-corrected chi connectivity index (χ0v) is 12.4. The number of nitrogens with zero attached hydrogens (tertiary/aromatic N) is 2. The number of likely N-dealkylation sites (tertiary alicyclic amines) is 2. The van der Waals surface area contributed by atoms with Gasteiger partial charge in [-0.3, -0.25) is 0 Å². The molecule has 0 aromatic carbocycles. The smallest absolute Gasteiger partial charge is 0.0108 e. The van der Waals surface area contributed by atoms with Crippen LogP contribution in [0.3, 0.4) is 0 Å². The van der Waals surface area contributed by atoms with E-state index in [1.807, 2.05) is 0 Å². The summed E-state index contributed by atoms with van der Waals surface area (Å²) in [6, 6.07) is 0.878. The van der Waals surface area contributed by atoms with Gasteiger partial charge in [0.05, 0.1) is 0 Å². The predicted molar refractivity (Wildman–Crippen MR) is 80.5 cm³/mol. The van der Waals surface area contributed by atoms with E-state index in [4.69, 9.17) is 0 Å². The molecule has 0 aliphatic carbocycles. The van der Waals surface area contributed by atoms with Crippen molar-refractivity contribution >= 4 is 0 Å². The topological polar surface area (TPSA) is 18.5 Å². The predicted octanol–water partition coefficient (Wildman–Crippen LogP) is 1.94. The van der Waals surface area contributed by atoms with Gasteiger partial charge in [-0.1, -0.05) is 0 Å². The van der Waals surface area contributed by atoms with Gasteiger partial charge in [-0.25, -0.2) is 0 Å². The number of hydrogen-bond acceptors (Lipinski definition) is 3. The van der Waals surface area contributed by atoms with Crippen LogP contribution in [0, 0.1) is 5.92 Å². The maximum absolute atomic E-state index is 3.54. The number of rotatable bonds is 3. The molecule has 1 unspecified atom stereocenters. The molecule has 0 saturated carbocycles. The van der Waals surface area contributed by atoms with Gasteiger partial charge in [-0.2, -0.15) is 0 Å². The van der Waals surface area contributed by atoms with Crippen molar-refractivity contribution < 1.29 is 0 Å². The van der Waals surface area contributed by atoms with Gasteiger partial charge in [0.25, 0.3) is 0 Å². The lowest BCUT2D eigenvalue weighted by Gasteiger charge is -2.38. The van der Waals surface area contributed by atoms with E-state index in [-0.39, 0.29) is 0 Å². The third-order valence-electron chi connectivity index (χ3n) is 5.43. The summed E-state index contributed by atoms with van der Waals surface area (Å²) in [6.07, 6.45) is 9.93. The summed E-state index contributed by atoms with van der Waals surface area (Å²) in [5, 5.41) is 3.54. The molecule has 0 bridgehead atoms. The molecule has 0 radical (unpaired) electrons. The molecule has 3 fully saturated rings. The first-order valence-electron chi connectivity index (χ1n) is 8.59. The van der Waals surface area contributed by atoms with Gasteiger partial charge in [0.15, 0.2) is 0 Å². The van der Waals surface area contributed by atoms with E-state index in [0.717, 1.165) is 12.0 Å². The number of piperidine rings is 1. The maximum Gasteiger partial charge on any atom is 0.0108 e. The molecule has 19 heavy (non-hydrogen) atoms. The fraction of sp³-hybridized carbons (Fsp3) is 1.00. The second kappa shape index (κ2) is 7.05. The molecule has 3 aliphatic heterocycles. The van der Waals surface area contributed by atoms with E-state index in [9.17, 15) is 0 Å². The molecule has 3 nitrogen and oxygen atoms in total. The van der Waals surface area contributed by atoms with Gasteiger partial charge in [0.1, 0.15) is 0 Å². The van der Waals surface area contributed by atoms with Gasteiger partial charge in [0, 0.05) is 12.6 Å². The van der Waals surface area contributed by atoms with Crippen molar-refractivity contribution in [2.75, 3.05) is 45.8 Å². The van der Waals surface area contributed by atoms with Crippen molar-refractivity contribution in [3.63, 3.8) is 0 Å². The first kappa shape index (κ1) is 13.8. The molecule has 3 rings (SSSR count). The third kappa shape index (κ3) is 3.93. The summed E-state index contributed by atoms with van der Waals surface area (Å²) >= 11 is 0. The van der Waals surface area contributed by atoms with Crippen molar-refractivity contribution in [1.29, 1.82) is 0 Å². The van der Waals surface area contributed by atoms with Crippen LogP contribution in [0.4, 0.5) is 0 Å². The average molecular weight is 265 g/mol. The lowest BCUT2D eigenvalue weighted by atomic mass is 9.94. The maximum atomic E-state index is 3.54. The monoisotopic (exact) mass is 265 g/mol. The van der Waals surface area contributed by atoms with Crippen molar-refractivity contribution in [3.05, 3.63) is 0 Å². The molecule has 0 aromatic heterocycles. The van der Waals surface area contributed by atoms with Crippen LogP contribution >= 0.6 is 0 Å². The SMILES string of the molecule is C1CNCCC(N2CCC(CN3CCCC3)CC2)C1. The Labute approximate surface area is 118 Å². The summed E-state index contributed by atoms with van der Waals surface area (Å²) in [5.41, 5.74) is 0. The largest absolute Gasteiger partial charge is 0.317 e. The van der Waals surface area contributed by atoms with Crippen LogP contribution in [0.2, 0.25) is 0 Å². The summed E-state index contributed by atoms with van der Waals surface area (Å²) in [7, 11) is 0. The van der Waals surface area contributed by atoms with Crippen LogP contribution in [0.25, 0.3) is 0 Å². The molecule has 110 valence electrons. The van der Waals surface area contributed by atoms with Crippen molar-refractivity contribution in [2.24, 2.45) is 5.92 Å². The van der Waals surface area contributed by atoms with Crippen molar-refractivity contribution in [3.8, 4) is 0 Å². The molecule has 3 heterocycles. The minimum absolute atomic E-state index is 0.878. The first-order valence-corrected chi connectivity index (χ1v) is 8.59. The van der Waals surface area contributed by atoms with Crippen LogP contribution in [0.1, 0.15) is 44.9 Å². The van der Waals surface area contributed by atoms with Gasteiger partial charge in [0.2, 0.25) is 0 Å². The van der Waals surface area contributed by atoms with E-state index < -0.39 is 0 Å². The Morgan fingerprint density at radius 2 is 1.58 bits per heavy atom. The Bertz CT molecular complexity index is 247. The van der Waals surface area contributed by atoms with Crippen LogP contribution in [-0.2, 0) is 0 Å². The third-order valence-corrected chi connectivity index (χ3v) is 5.43. The molecule has 3 aliphatic rings. The molecule has 0 aromatic rings. The lowest BCUT2D eigenvalue weighted by Crippen LogP contribution is -2.43. The average Bonchev–Trinajstić information content (AvgIpc) is 2.80. The zero-order chi connectivity index (χ0) is 12.9. The molecule has 1 atom stereocenters. The summed E-state index contributed by atoms with van der Waals surface area (Å²) in [5.74, 6) is 0.984. The van der Waals surface area contributed by atoms with E-state index >= 15 is 0 Å². The highest BCUT2D eigenvalue weighted by atomic mass is 15.2. The van der Waals surface area contributed by atoms with E-state index in [1.165, 1.54) is 90.8 Å². The summed E-state index contributed by atoms with van der Waals surface area (Å²) in [6.45, 7) is 9.33. The normalized spacial score (nSPS) is 32.5. The Morgan fingerprint density at radius 1 is 0.789 bits per heavy atom. The van der Waals surface area contributed by atoms with Gasteiger partial charge >= 0.3 is 0 Å². The molecule has 0 spiro atoms. The van der Waals surface area contributed by atoms with Gasteiger partial charge in [-0.15, -0.1) is 0 Å². The summed E-state index contributed by atoms with van der Waals surface area (Å²) < 4.78 is 0. The van der Waals surface area contributed by atoms with Crippen LogP contribution < -0.4 is 5.32 Å². The molecule has 0 amide bonds. The molecule has 3 saturated heterocycles. The van der Waals surface area contributed by atoms with E-state index in [2.05, 4.69) is 15.1 Å². The van der Waals surface area contributed by atoms with Crippen molar-refractivity contribution in [1.82, 2.24) is 15.1 Å². The first-order chi connectivity index (χ1) is 9.42. The summed E-state index contributed by atoms with van der Waals surface area (Å²) in [4.78, 5) is 5.50. The highest BCUT2D eigenvalue weighted by Gasteiger charge is 2.26. The Morgan fingerprint density at radius 3 is 2.37 bits per heavy atom. The molecule has 1 N–H and O–H groups in total.